The first-order chi connectivity index (χ1) is 36.3. The summed E-state index contributed by atoms with van der Waals surface area (Å²) in [6.45, 7) is 6.63. The predicted molar refractivity (Wildman–Crippen MR) is 285 cm³/mol. The van der Waals surface area contributed by atoms with Crippen molar-refractivity contribution in [1.82, 2.24) is 29.4 Å². The number of nitrogen functional groups attached to an aromatic ring is 1. The molecule has 3 saturated heterocycles. The second kappa shape index (κ2) is 21.4. The molecule has 0 aliphatic carbocycles. The highest BCUT2D eigenvalue weighted by atomic mass is 32.2. The average molecular weight is 1040 g/mol. The van der Waals surface area contributed by atoms with Gasteiger partial charge in [-0.3, -0.25) is 19.3 Å². The summed E-state index contributed by atoms with van der Waals surface area (Å²) in [5, 5.41) is 6.74. The quantitative estimate of drug-likeness (QED) is 0.0267. The summed E-state index contributed by atoms with van der Waals surface area (Å²) < 4.78 is 16.4. The van der Waals surface area contributed by atoms with Crippen LogP contribution >= 0.6 is 23.3 Å². The van der Waals surface area contributed by atoms with E-state index in [4.69, 9.17) is 20.0 Å². The van der Waals surface area contributed by atoms with Crippen molar-refractivity contribution in [3.8, 4) is 0 Å². The second-order valence-electron chi connectivity index (χ2n) is 19.4. The number of rotatable bonds is 14. The number of amides is 4. The highest BCUT2D eigenvalue weighted by Crippen LogP contribution is 2.44. The number of β-lactam (4-membered cyclic amide) rings is 1. The highest BCUT2D eigenvalue weighted by molar-refractivity contribution is 8.00. The Balaban J connectivity index is 0.969. The van der Waals surface area contributed by atoms with Crippen LogP contribution in [0.15, 0.2) is 180 Å². The number of nitrogens with one attached hydrogen (secondary N) is 1. The number of benzene rings is 5. The molecule has 0 radical (unpaired) electrons. The van der Waals surface area contributed by atoms with Gasteiger partial charge in [-0.1, -0.05) is 157 Å². The predicted octanol–water partition coefficient (Wildman–Crippen LogP) is 7.99. The Morgan fingerprint density at radius 1 is 0.800 bits per heavy atom. The van der Waals surface area contributed by atoms with Crippen LogP contribution in [0.25, 0.3) is 0 Å². The maximum absolute atomic E-state index is 15.0. The van der Waals surface area contributed by atoms with Crippen molar-refractivity contribution >= 4 is 63.9 Å². The van der Waals surface area contributed by atoms with Gasteiger partial charge in [-0.2, -0.15) is 9.36 Å². The van der Waals surface area contributed by atoms with E-state index in [0.29, 0.717) is 71.4 Å². The number of hydrogen-bond donors (Lipinski definition) is 2. The minimum Gasteiger partial charge on any atom is -0.448 e. The van der Waals surface area contributed by atoms with Gasteiger partial charge in [0.1, 0.15) is 22.7 Å². The van der Waals surface area contributed by atoms with Crippen LogP contribution in [0, 0.1) is 0 Å². The number of carbonyl (C=O) groups excluding carboxylic acids is 5. The van der Waals surface area contributed by atoms with Gasteiger partial charge in [0.15, 0.2) is 11.2 Å². The van der Waals surface area contributed by atoms with Crippen LogP contribution in [0.1, 0.15) is 73.4 Å². The van der Waals surface area contributed by atoms with Crippen LogP contribution in [0.3, 0.4) is 0 Å². The van der Waals surface area contributed by atoms with E-state index in [2.05, 4.69) is 19.8 Å². The van der Waals surface area contributed by atoms with Gasteiger partial charge in [-0.05, 0) is 56.4 Å². The molecular weight excluding hydrogens is 989 g/mol. The third kappa shape index (κ3) is 10.4. The first-order valence-electron chi connectivity index (χ1n) is 24.6. The lowest BCUT2D eigenvalue weighted by Crippen LogP contribution is -2.71. The van der Waals surface area contributed by atoms with Gasteiger partial charge >= 0.3 is 12.1 Å². The van der Waals surface area contributed by atoms with Crippen molar-refractivity contribution in [2.75, 3.05) is 31.1 Å². The number of carbonyl (C=O) groups is 5. The fourth-order valence-electron chi connectivity index (χ4n) is 9.82. The Bertz CT molecular complexity index is 3050. The van der Waals surface area contributed by atoms with E-state index < -0.39 is 52.6 Å². The maximum Gasteiger partial charge on any atom is 0.410 e. The molecule has 3 N–H and O–H groups in total. The summed E-state index contributed by atoms with van der Waals surface area (Å²) in [6.07, 6.45) is 1.38. The smallest absolute Gasteiger partial charge is 0.410 e. The molecule has 3 atom stereocenters. The van der Waals surface area contributed by atoms with E-state index in [1.54, 1.807) is 15.9 Å². The molecule has 18 heteroatoms. The minimum absolute atomic E-state index is 0.0358. The zero-order chi connectivity index (χ0) is 52.3. The number of oxime groups is 1. The van der Waals surface area contributed by atoms with Gasteiger partial charge in [0, 0.05) is 59.2 Å². The van der Waals surface area contributed by atoms with Gasteiger partial charge < -0.3 is 35.2 Å². The number of esters is 1. The van der Waals surface area contributed by atoms with E-state index in [0.717, 1.165) is 11.5 Å². The Morgan fingerprint density at radius 2 is 1.36 bits per heavy atom. The molecule has 5 heterocycles. The largest absolute Gasteiger partial charge is 0.448 e. The number of fused-ring (bicyclic) bond motifs is 1. The minimum atomic E-state index is -1.38. The summed E-state index contributed by atoms with van der Waals surface area (Å²) in [5.41, 5.74) is 8.11. The van der Waals surface area contributed by atoms with E-state index in [-0.39, 0.29) is 40.1 Å². The fourth-order valence-corrected chi connectivity index (χ4v) is 11.6. The van der Waals surface area contributed by atoms with Gasteiger partial charge in [0.25, 0.3) is 11.8 Å². The zero-order valence-corrected chi connectivity index (χ0v) is 43.0. The zero-order valence-electron chi connectivity index (χ0n) is 41.4. The van der Waals surface area contributed by atoms with Gasteiger partial charge in [0.05, 0.1) is 6.04 Å². The summed E-state index contributed by atoms with van der Waals surface area (Å²) in [7, 11) is 0. The van der Waals surface area contributed by atoms with Gasteiger partial charge in [-0.25, -0.2) is 9.59 Å². The molecular formula is C57H54N8O8S2. The molecule has 4 aliphatic heterocycles. The third-order valence-electron chi connectivity index (χ3n) is 13.4. The highest BCUT2D eigenvalue weighted by Gasteiger charge is 2.55. The van der Waals surface area contributed by atoms with Crippen molar-refractivity contribution in [2.45, 2.75) is 68.4 Å². The second-order valence-corrected chi connectivity index (χ2v) is 21.3. The molecule has 382 valence electrons. The topological polar surface area (TPSA) is 199 Å². The Morgan fingerprint density at radius 3 is 1.89 bits per heavy atom. The summed E-state index contributed by atoms with van der Waals surface area (Å²) in [5.74, 6) is -2.35. The molecule has 0 bridgehead atoms. The standard InChI is InChI=1S/C57H54N8O8S2/c1-56(2,3)72-55(70)63-31-30-43(34-63)64-32-29-38(50(64)67)33-39-35-74-52-45(51(68)65(52)46(39)53(69)71-47(36-19-9-4-10-20-36)37-21-11-5-12-22-37)59-49(66)44(48-60-54(58)75-62-48)61-73-57(40-23-13-6-14-24-40,41-25-15-7-16-26-41)42-27-17-8-18-28-42/h4-28,33,43,45,47,52H,29-32,34-35H2,1-3H3,(H,59,66)(H2,58,60,62)/b38-33+,61-44-/t43-,45-,52-/m1/s1. The Labute approximate surface area is 442 Å². The fraction of sp³-hybridized carbons (Fsp3) is 0.263. The molecule has 6 aromatic rings. The van der Waals surface area contributed by atoms with Gasteiger partial charge in [0.2, 0.25) is 23.0 Å². The van der Waals surface area contributed by atoms with Crippen molar-refractivity contribution in [3.63, 3.8) is 0 Å². The Hall–Kier alpha value is -8.09. The molecule has 0 saturated carbocycles. The van der Waals surface area contributed by atoms with E-state index in [1.165, 1.54) is 16.7 Å². The molecule has 10 rings (SSSR count). The number of ether oxygens (including phenoxy) is 2. The lowest BCUT2D eigenvalue weighted by Gasteiger charge is -2.49. The molecule has 4 aliphatic rings. The number of anilines is 1. The summed E-state index contributed by atoms with van der Waals surface area (Å²) >= 11 is 2.19. The van der Waals surface area contributed by atoms with E-state index in [1.807, 2.05) is 172 Å². The molecule has 75 heavy (non-hydrogen) atoms. The molecule has 0 unspecified atom stereocenters. The normalized spacial score (nSPS) is 19.5. The summed E-state index contributed by atoms with van der Waals surface area (Å²) in [4.78, 5) is 87.4. The molecule has 1 aromatic heterocycles. The molecule has 0 spiro atoms. The number of thioether (sulfide) groups is 1. The van der Waals surface area contributed by atoms with Crippen LogP contribution in [0.5, 0.6) is 0 Å². The van der Waals surface area contributed by atoms with Crippen LogP contribution in [-0.2, 0) is 39.1 Å². The first-order valence-corrected chi connectivity index (χ1v) is 26.4. The monoisotopic (exact) mass is 1040 g/mol. The number of aromatic nitrogens is 2. The molecule has 5 aromatic carbocycles. The van der Waals surface area contributed by atoms with Crippen LogP contribution < -0.4 is 11.1 Å². The first kappa shape index (κ1) is 50.4. The number of nitrogens with two attached hydrogens (primary N) is 1. The van der Waals surface area contributed by atoms with Crippen molar-refractivity contribution in [2.24, 2.45) is 5.16 Å². The molecule has 4 amide bonds. The van der Waals surface area contributed by atoms with E-state index in [9.17, 15) is 24.0 Å². The lowest BCUT2D eigenvalue weighted by atomic mass is 9.80. The number of allylic oxidation sites excluding steroid dienone is 1. The van der Waals surface area contributed by atoms with Crippen LogP contribution in [0.2, 0.25) is 0 Å². The van der Waals surface area contributed by atoms with Crippen LogP contribution in [0.4, 0.5) is 9.93 Å². The number of likely N-dealkylation sites (tertiary alicyclic amines) is 2. The number of hydrogen-bond acceptors (Lipinski definition) is 14. The molecule has 3 fully saturated rings. The van der Waals surface area contributed by atoms with Crippen molar-refractivity contribution in [3.05, 3.63) is 208 Å². The lowest BCUT2D eigenvalue weighted by molar-refractivity contribution is -0.154. The van der Waals surface area contributed by atoms with Crippen LogP contribution in [-0.4, -0.2) is 108 Å². The van der Waals surface area contributed by atoms with E-state index >= 15 is 0 Å². The Kier molecular flexibility index (Phi) is 14.4. The van der Waals surface area contributed by atoms with Crippen molar-refractivity contribution < 1.29 is 38.3 Å². The average Bonchev–Trinajstić information content (AvgIpc) is 4.23. The van der Waals surface area contributed by atoms with Gasteiger partial charge in [-0.15, -0.1) is 11.8 Å². The maximum atomic E-state index is 15.0. The molecule has 16 nitrogen and oxygen atoms in total. The SMILES string of the molecule is CC(C)(C)OC(=O)N1CC[C@@H](N2CC/C(=C\C3=C(C(=O)OC(c4ccccc4)c4ccccc4)N4C(=O)[C@@H](NC(=O)/C(=N\OC(c5ccccc5)(c5ccccc5)c5ccccc5)c5nsc(N)n5)[C@H]4SC3)C2=O)C1. The third-order valence-corrected chi connectivity index (χ3v) is 15.2. The summed E-state index contributed by atoms with van der Waals surface area (Å²) in [6, 6.07) is 45.7. The number of nitrogens with zero attached hydrogens (tertiary/aromatic N) is 6. The van der Waals surface area contributed by atoms with Crippen molar-refractivity contribution in [1.29, 1.82) is 0 Å².